The first-order valence-electron chi connectivity index (χ1n) is 15.8. The summed E-state index contributed by atoms with van der Waals surface area (Å²) in [6.45, 7) is 15.7. The summed E-state index contributed by atoms with van der Waals surface area (Å²) in [5.74, 6) is -1.14. The molecule has 9 heteroatoms. The molecule has 7 nitrogen and oxygen atoms in total. The summed E-state index contributed by atoms with van der Waals surface area (Å²) in [5.41, 5.74) is 1.67. The number of fused-ring (bicyclic) bond motifs is 3. The highest BCUT2D eigenvalue weighted by atomic mass is 19.1. The number of carbonyl (C=O) groups excluding carboxylic acids is 1. The van der Waals surface area contributed by atoms with Gasteiger partial charge in [-0.25, -0.2) is 13.8 Å². The van der Waals surface area contributed by atoms with Crippen LogP contribution < -0.4 is 9.47 Å². The van der Waals surface area contributed by atoms with Gasteiger partial charge in [0, 0.05) is 41.3 Å². The second-order valence-corrected chi connectivity index (χ2v) is 15.0. The number of hydrogen-bond donors (Lipinski definition) is 2. The lowest BCUT2D eigenvalue weighted by Crippen LogP contribution is -2.48. The number of ether oxygens (including phenoxy) is 3. The molecule has 2 aromatic carbocycles. The van der Waals surface area contributed by atoms with Gasteiger partial charge >= 0.3 is 5.97 Å². The zero-order chi connectivity index (χ0) is 33.9. The van der Waals surface area contributed by atoms with Crippen molar-refractivity contribution in [1.29, 1.82) is 0 Å². The number of pyridine rings is 1. The predicted octanol–water partition coefficient (Wildman–Crippen LogP) is 6.99. The second-order valence-electron chi connectivity index (χ2n) is 15.0. The van der Waals surface area contributed by atoms with Crippen LogP contribution in [0, 0.1) is 43.2 Å². The van der Waals surface area contributed by atoms with Crippen molar-refractivity contribution >= 4 is 5.97 Å². The molecule has 1 aromatic heterocycles. The molecule has 0 aliphatic heterocycles. The van der Waals surface area contributed by atoms with Crippen molar-refractivity contribution in [2.45, 2.75) is 98.1 Å². The molecule has 1 saturated carbocycles. The third-order valence-corrected chi connectivity index (χ3v) is 9.07. The fourth-order valence-electron chi connectivity index (χ4n) is 6.97. The van der Waals surface area contributed by atoms with E-state index in [9.17, 15) is 19.4 Å². The van der Waals surface area contributed by atoms with E-state index in [4.69, 9.17) is 14.2 Å². The Morgan fingerprint density at radius 1 is 0.935 bits per heavy atom. The Hall–Kier alpha value is -3.56. The number of aliphatic hydroxyl groups is 2. The number of nitrogens with zero attached hydrogens (tertiary/aromatic N) is 1. The van der Waals surface area contributed by atoms with Crippen molar-refractivity contribution in [3.63, 3.8) is 0 Å². The van der Waals surface area contributed by atoms with Crippen LogP contribution in [0.4, 0.5) is 8.78 Å². The predicted molar refractivity (Wildman–Crippen MR) is 171 cm³/mol. The van der Waals surface area contributed by atoms with Crippen molar-refractivity contribution in [1.82, 2.24) is 4.98 Å². The van der Waals surface area contributed by atoms with Crippen LogP contribution in [0.25, 0.3) is 11.1 Å². The average Bonchev–Trinajstić information content (AvgIpc) is 3.48. The minimum absolute atomic E-state index is 0.0694. The SMILES string of the molecule is Cc1cc(OCC(C(C)(C)O)C(C)(C)O)cc(C)c1-c1cc(COc2cc3c(cn2)[C@H]2[C@@H](C3)[C@@H]2C(=O)OC(C)(C)C)c(F)cc1F. The van der Waals surface area contributed by atoms with Crippen LogP contribution in [0.1, 0.15) is 82.2 Å². The zero-order valence-corrected chi connectivity index (χ0v) is 28.1. The summed E-state index contributed by atoms with van der Waals surface area (Å²) in [6, 6.07) is 7.70. The van der Waals surface area contributed by atoms with Crippen LogP contribution in [0.15, 0.2) is 36.5 Å². The van der Waals surface area contributed by atoms with Gasteiger partial charge in [-0.3, -0.25) is 4.79 Å². The van der Waals surface area contributed by atoms with Gasteiger partial charge in [0.1, 0.15) is 29.6 Å². The van der Waals surface area contributed by atoms with Crippen LogP contribution in [-0.2, 0) is 22.6 Å². The molecule has 2 aliphatic carbocycles. The highest BCUT2D eigenvalue weighted by Crippen LogP contribution is 2.62. The number of aryl methyl sites for hydroxylation is 2. The van der Waals surface area contributed by atoms with E-state index in [0.29, 0.717) is 17.2 Å². The van der Waals surface area contributed by atoms with Gasteiger partial charge in [0.05, 0.1) is 23.7 Å². The first-order valence-corrected chi connectivity index (χ1v) is 15.8. The Kier molecular flexibility index (Phi) is 8.75. The standard InChI is InChI=1S/C37H45F2NO6/c1-19-10-23(44-18-29(36(6,7)42)37(8,9)43)11-20(2)31(19)24-13-22(27(38)15-28(24)39)17-45-30-14-21-12-25-32(26(21)16-40-30)33(25)34(41)46-35(3,4)5/h10-11,13-16,25,29,32-33,42-43H,12,17-18H2,1-9H3/t25-,32-,33+/m1/s1. The van der Waals surface area contributed by atoms with Gasteiger partial charge < -0.3 is 24.4 Å². The van der Waals surface area contributed by atoms with E-state index in [1.54, 1.807) is 46.0 Å². The van der Waals surface area contributed by atoms with E-state index in [-0.39, 0.29) is 48.1 Å². The molecular formula is C37H45F2NO6. The third kappa shape index (κ3) is 7.05. The molecule has 2 aliphatic rings. The van der Waals surface area contributed by atoms with Crippen molar-refractivity contribution < 1.29 is 38.0 Å². The van der Waals surface area contributed by atoms with Crippen LogP contribution in [-0.4, -0.2) is 44.6 Å². The summed E-state index contributed by atoms with van der Waals surface area (Å²) in [6.07, 6.45) is 2.46. The molecule has 0 amide bonds. The lowest BCUT2D eigenvalue weighted by atomic mass is 9.79. The van der Waals surface area contributed by atoms with Crippen molar-refractivity contribution in [3.8, 4) is 22.8 Å². The van der Waals surface area contributed by atoms with Gasteiger partial charge in [-0.15, -0.1) is 0 Å². The molecule has 2 N–H and O–H groups in total. The number of hydrogen-bond acceptors (Lipinski definition) is 7. The first kappa shape index (κ1) is 33.8. The number of aromatic nitrogens is 1. The number of rotatable bonds is 10. The fraction of sp³-hybridized carbons (Fsp3) is 0.514. The van der Waals surface area contributed by atoms with Crippen LogP contribution in [0.2, 0.25) is 0 Å². The molecule has 5 rings (SSSR count). The van der Waals surface area contributed by atoms with Gasteiger partial charge in [0.25, 0.3) is 0 Å². The Morgan fingerprint density at radius 2 is 1.57 bits per heavy atom. The molecule has 0 bridgehead atoms. The zero-order valence-electron chi connectivity index (χ0n) is 28.1. The average molecular weight is 638 g/mol. The largest absolute Gasteiger partial charge is 0.493 e. The van der Waals surface area contributed by atoms with Gasteiger partial charge in [-0.2, -0.15) is 0 Å². The van der Waals surface area contributed by atoms with Gasteiger partial charge in [0.2, 0.25) is 5.88 Å². The minimum Gasteiger partial charge on any atom is -0.493 e. The van der Waals surface area contributed by atoms with Gasteiger partial charge in [0.15, 0.2) is 0 Å². The van der Waals surface area contributed by atoms with Crippen LogP contribution >= 0.6 is 0 Å². The maximum Gasteiger partial charge on any atom is 0.310 e. The van der Waals surface area contributed by atoms with E-state index in [1.165, 1.54) is 6.07 Å². The highest BCUT2D eigenvalue weighted by molar-refractivity contribution is 5.80. The number of benzene rings is 2. The monoisotopic (exact) mass is 637 g/mol. The summed E-state index contributed by atoms with van der Waals surface area (Å²) in [4.78, 5) is 17.0. The van der Waals surface area contributed by atoms with E-state index in [0.717, 1.165) is 34.7 Å². The quantitative estimate of drug-likeness (QED) is 0.231. The van der Waals surface area contributed by atoms with Gasteiger partial charge in [-0.05, 0) is 121 Å². The highest BCUT2D eigenvalue weighted by Gasteiger charge is 2.61. The fourth-order valence-corrected chi connectivity index (χ4v) is 6.97. The maximum atomic E-state index is 15.2. The van der Waals surface area contributed by atoms with Crippen molar-refractivity contribution in [3.05, 3.63) is 76.0 Å². The molecule has 0 radical (unpaired) electrons. The van der Waals surface area contributed by atoms with E-state index < -0.39 is 34.4 Å². The Balaban J connectivity index is 1.29. The topological polar surface area (TPSA) is 98.1 Å². The normalized spacial score (nSPS) is 19.1. The molecule has 1 heterocycles. The van der Waals surface area contributed by atoms with Crippen molar-refractivity contribution in [2.24, 2.45) is 17.8 Å². The second kappa shape index (κ2) is 11.9. The maximum absolute atomic E-state index is 15.2. The Bertz CT molecular complexity index is 1610. The molecule has 1 fully saturated rings. The molecular weight excluding hydrogens is 592 g/mol. The first-order chi connectivity index (χ1) is 21.2. The van der Waals surface area contributed by atoms with E-state index in [2.05, 4.69) is 4.98 Å². The Morgan fingerprint density at radius 3 is 2.15 bits per heavy atom. The summed E-state index contributed by atoms with van der Waals surface area (Å²) in [7, 11) is 0. The molecule has 0 saturated heterocycles. The molecule has 0 unspecified atom stereocenters. The third-order valence-electron chi connectivity index (χ3n) is 9.07. The van der Waals surface area contributed by atoms with Crippen molar-refractivity contribution in [2.75, 3.05) is 6.61 Å². The van der Waals surface area contributed by atoms with E-state index in [1.807, 2.05) is 40.7 Å². The number of carbonyl (C=O) groups is 1. The smallest absolute Gasteiger partial charge is 0.310 e. The summed E-state index contributed by atoms with van der Waals surface area (Å²) >= 11 is 0. The lowest BCUT2D eigenvalue weighted by Gasteiger charge is -2.37. The van der Waals surface area contributed by atoms with E-state index >= 15 is 4.39 Å². The van der Waals surface area contributed by atoms with Crippen LogP contribution in [0.5, 0.6) is 11.6 Å². The van der Waals surface area contributed by atoms with Crippen LogP contribution in [0.3, 0.4) is 0 Å². The lowest BCUT2D eigenvalue weighted by molar-refractivity contribution is -0.157. The molecule has 248 valence electrons. The molecule has 3 atom stereocenters. The minimum atomic E-state index is -1.18. The van der Waals surface area contributed by atoms with Gasteiger partial charge in [-0.1, -0.05) is 0 Å². The molecule has 3 aromatic rings. The Labute approximate surface area is 269 Å². The number of halogens is 2. The summed E-state index contributed by atoms with van der Waals surface area (Å²) in [5, 5.41) is 21.1. The molecule has 0 spiro atoms. The molecule has 46 heavy (non-hydrogen) atoms. The summed E-state index contributed by atoms with van der Waals surface area (Å²) < 4.78 is 47.6. The number of esters is 1.